The first kappa shape index (κ1) is 15.8. The second-order valence-electron chi connectivity index (χ2n) is 5.19. The molecule has 0 spiro atoms. The minimum absolute atomic E-state index is 0.0970. The Bertz CT molecular complexity index is 954. The molecule has 3 nitrogen and oxygen atoms in total. The largest absolute Gasteiger partial charge is 0.497 e. The molecule has 0 radical (unpaired) electrons. The summed E-state index contributed by atoms with van der Waals surface area (Å²) >= 11 is 0. The first-order valence-corrected chi connectivity index (χ1v) is 7.12. The quantitative estimate of drug-likeness (QED) is 0.702. The van der Waals surface area contributed by atoms with Gasteiger partial charge in [0.05, 0.1) is 31.4 Å². The summed E-state index contributed by atoms with van der Waals surface area (Å²) in [6.45, 7) is 0. The minimum atomic E-state index is -0.747. The monoisotopic (exact) mass is 325 g/mol. The minimum Gasteiger partial charge on any atom is -0.497 e. The molecule has 5 heteroatoms. The lowest BCUT2D eigenvalue weighted by atomic mass is 9.96. The molecule has 3 rings (SSSR count). The number of rotatable bonds is 3. The van der Waals surface area contributed by atoms with E-state index in [1.807, 2.05) is 0 Å². The average molecular weight is 325 g/mol. The van der Waals surface area contributed by atoms with Gasteiger partial charge in [0.25, 0.3) is 0 Å². The normalized spacial score (nSPS) is 10.5. The van der Waals surface area contributed by atoms with E-state index in [9.17, 15) is 14.0 Å². The highest BCUT2D eigenvalue weighted by Gasteiger charge is 2.16. The van der Waals surface area contributed by atoms with E-state index in [0.29, 0.717) is 27.6 Å². The molecule has 0 atom stereocenters. The number of nitrogens with zero attached hydrogens (tertiary/aromatic N) is 1. The van der Waals surface area contributed by atoms with Crippen LogP contribution in [0.3, 0.4) is 0 Å². The molecule has 3 aromatic rings. The number of benzene rings is 3. The summed E-state index contributed by atoms with van der Waals surface area (Å²) in [6, 6.07) is 12.6. The number of methoxy groups -OCH3 is 2. The molecule has 0 saturated carbocycles. The van der Waals surface area contributed by atoms with Gasteiger partial charge in [-0.15, -0.1) is 0 Å². The van der Waals surface area contributed by atoms with E-state index < -0.39 is 11.6 Å². The average Bonchev–Trinajstić information content (AvgIpc) is 2.59. The molecule has 0 unspecified atom stereocenters. The molecule has 0 aliphatic carbocycles. The predicted molar refractivity (Wildman–Crippen MR) is 87.1 cm³/mol. The summed E-state index contributed by atoms with van der Waals surface area (Å²) in [5, 5.41) is 10.7. The van der Waals surface area contributed by atoms with Gasteiger partial charge in [-0.3, -0.25) is 0 Å². The summed E-state index contributed by atoms with van der Waals surface area (Å²) in [6.07, 6.45) is 0. The van der Waals surface area contributed by atoms with Crippen molar-refractivity contribution in [2.24, 2.45) is 0 Å². The SMILES string of the molecule is COc1cc(F)c(-c2cc(C#N)c3cc(OC)ccc3c2)c(F)c1. The Balaban J connectivity index is 2.27. The van der Waals surface area contributed by atoms with Crippen molar-refractivity contribution >= 4 is 10.8 Å². The molecule has 0 aliphatic heterocycles. The van der Waals surface area contributed by atoms with E-state index in [0.717, 1.165) is 12.1 Å². The maximum atomic E-state index is 14.3. The van der Waals surface area contributed by atoms with Crippen molar-refractivity contribution in [1.29, 1.82) is 5.26 Å². The van der Waals surface area contributed by atoms with Crippen LogP contribution in [-0.2, 0) is 0 Å². The van der Waals surface area contributed by atoms with Gasteiger partial charge in [0.1, 0.15) is 23.1 Å². The number of fused-ring (bicyclic) bond motifs is 1. The number of halogens is 2. The number of hydrogen-bond acceptors (Lipinski definition) is 3. The third-order valence-electron chi connectivity index (χ3n) is 3.82. The van der Waals surface area contributed by atoms with Crippen LogP contribution in [0.2, 0.25) is 0 Å². The summed E-state index contributed by atoms with van der Waals surface area (Å²) in [4.78, 5) is 0. The topological polar surface area (TPSA) is 42.2 Å². The molecule has 120 valence electrons. The molecule has 24 heavy (non-hydrogen) atoms. The Hall–Kier alpha value is -3.13. The molecule has 0 aromatic heterocycles. The van der Waals surface area contributed by atoms with Crippen LogP contribution in [0, 0.1) is 23.0 Å². The zero-order valence-electron chi connectivity index (χ0n) is 13.1. The highest BCUT2D eigenvalue weighted by molar-refractivity contribution is 5.93. The van der Waals surface area contributed by atoms with Crippen molar-refractivity contribution in [3.05, 3.63) is 59.7 Å². The third kappa shape index (κ3) is 2.63. The summed E-state index contributed by atoms with van der Waals surface area (Å²) in [5.74, 6) is -0.791. The molecule has 3 aromatic carbocycles. The van der Waals surface area contributed by atoms with Gasteiger partial charge in [-0.1, -0.05) is 6.07 Å². The maximum Gasteiger partial charge on any atom is 0.137 e. The lowest BCUT2D eigenvalue weighted by Gasteiger charge is -2.11. The lowest BCUT2D eigenvalue weighted by molar-refractivity contribution is 0.407. The van der Waals surface area contributed by atoms with Crippen molar-refractivity contribution in [1.82, 2.24) is 0 Å². The molecule has 0 heterocycles. The van der Waals surface area contributed by atoms with Crippen LogP contribution in [0.15, 0.2) is 42.5 Å². The summed E-state index contributed by atoms with van der Waals surface area (Å²) in [5.41, 5.74) is 0.419. The molecular weight excluding hydrogens is 312 g/mol. The zero-order valence-corrected chi connectivity index (χ0v) is 13.1. The van der Waals surface area contributed by atoms with Gasteiger partial charge >= 0.3 is 0 Å². The van der Waals surface area contributed by atoms with Crippen LogP contribution >= 0.6 is 0 Å². The predicted octanol–water partition coefficient (Wildman–Crippen LogP) is 4.67. The van der Waals surface area contributed by atoms with Crippen molar-refractivity contribution in [2.75, 3.05) is 14.2 Å². The van der Waals surface area contributed by atoms with Crippen LogP contribution in [0.5, 0.6) is 11.5 Å². The fraction of sp³-hybridized carbons (Fsp3) is 0.105. The van der Waals surface area contributed by atoms with Gasteiger partial charge in [0.2, 0.25) is 0 Å². The third-order valence-corrected chi connectivity index (χ3v) is 3.82. The van der Waals surface area contributed by atoms with E-state index in [1.165, 1.54) is 20.3 Å². The Morgan fingerprint density at radius 1 is 0.875 bits per heavy atom. The van der Waals surface area contributed by atoms with Crippen LogP contribution in [0.25, 0.3) is 21.9 Å². The van der Waals surface area contributed by atoms with E-state index in [-0.39, 0.29) is 11.3 Å². The fourth-order valence-corrected chi connectivity index (χ4v) is 2.64. The van der Waals surface area contributed by atoms with E-state index in [2.05, 4.69) is 6.07 Å². The first-order chi connectivity index (χ1) is 11.6. The highest BCUT2D eigenvalue weighted by Crippen LogP contribution is 2.34. The van der Waals surface area contributed by atoms with Crippen molar-refractivity contribution in [3.63, 3.8) is 0 Å². The van der Waals surface area contributed by atoms with Crippen LogP contribution in [0.4, 0.5) is 8.78 Å². The van der Waals surface area contributed by atoms with E-state index in [1.54, 1.807) is 24.3 Å². The molecule has 0 fully saturated rings. The van der Waals surface area contributed by atoms with Crippen molar-refractivity contribution in [2.45, 2.75) is 0 Å². The van der Waals surface area contributed by atoms with Gasteiger partial charge in [-0.05, 0) is 35.2 Å². The number of ether oxygens (including phenoxy) is 2. The van der Waals surface area contributed by atoms with Gasteiger partial charge < -0.3 is 9.47 Å². The van der Waals surface area contributed by atoms with Crippen LogP contribution in [-0.4, -0.2) is 14.2 Å². The summed E-state index contributed by atoms with van der Waals surface area (Å²) < 4.78 is 38.6. The van der Waals surface area contributed by atoms with E-state index >= 15 is 0 Å². The van der Waals surface area contributed by atoms with Gasteiger partial charge in [-0.2, -0.15) is 5.26 Å². The first-order valence-electron chi connectivity index (χ1n) is 7.12. The smallest absolute Gasteiger partial charge is 0.137 e. The maximum absolute atomic E-state index is 14.3. The standard InChI is InChI=1S/C19H13F2NO2/c1-23-14-4-3-11-5-12(6-13(10-22)16(11)7-14)19-17(20)8-15(24-2)9-18(19)21/h3-9H,1-2H3. The van der Waals surface area contributed by atoms with Crippen LogP contribution < -0.4 is 9.47 Å². The van der Waals surface area contributed by atoms with E-state index in [4.69, 9.17) is 9.47 Å². The van der Waals surface area contributed by atoms with Gasteiger partial charge in [0.15, 0.2) is 0 Å². The van der Waals surface area contributed by atoms with Gasteiger partial charge in [0, 0.05) is 17.5 Å². The van der Waals surface area contributed by atoms with Crippen LogP contribution in [0.1, 0.15) is 5.56 Å². The highest BCUT2D eigenvalue weighted by atomic mass is 19.1. The zero-order chi connectivity index (χ0) is 17.3. The van der Waals surface area contributed by atoms with Crippen molar-refractivity contribution in [3.8, 4) is 28.7 Å². The van der Waals surface area contributed by atoms with Gasteiger partial charge in [-0.25, -0.2) is 8.78 Å². The number of hydrogen-bond donors (Lipinski definition) is 0. The Morgan fingerprint density at radius 3 is 2.12 bits per heavy atom. The molecule has 0 bridgehead atoms. The second-order valence-corrected chi connectivity index (χ2v) is 5.19. The molecule has 0 saturated heterocycles. The Morgan fingerprint density at radius 2 is 1.54 bits per heavy atom. The second kappa shape index (κ2) is 6.17. The molecule has 0 aliphatic rings. The lowest BCUT2D eigenvalue weighted by Crippen LogP contribution is -1.94. The molecule has 0 N–H and O–H groups in total. The molecular formula is C19H13F2NO2. The summed E-state index contributed by atoms with van der Waals surface area (Å²) in [7, 11) is 2.87. The molecule has 0 amide bonds. The Labute approximate surface area is 137 Å². The number of nitriles is 1. The Kier molecular flexibility index (Phi) is 4.05. The fourth-order valence-electron chi connectivity index (χ4n) is 2.64. The van der Waals surface area contributed by atoms with Crippen molar-refractivity contribution < 1.29 is 18.3 Å².